The first kappa shape index (κ1) is 9.06. The first-order valence-corrected chi connectivity index (χ1v) is 4.17. The molecule has 0 saturated heterocycles. The van der Waals surface area contributed by atoms with E-state index in [9.17, 15) is 0 Å². The van der Waals surface area contributed by atoms with Gasteiger partial charge < -0.3 is 0 Å². The predicted octanol–water partition coefficient (Wildman–Crippen LogP) is 3.02. The Balaban J connectivity index is 2.78. The number of hydrogen-bond donors (Lipinski definition) is 0. The summed E-state index contributed by atoms with van der Waals surface area (Å²) in [5, 5.41) is 8.71. The molecule has 0 aromatic carbocycles. The number of allylic oxidation sites excluding steroid dienone is 4. The largest absolute Gasteiger partial charge is 0.197 e. The van der Waals surface area contributed by atoms with Crippen LogP contribution in [0.1, 0.15) is 27.2 Å². The molecule has 1 nitrogen and oxygen atoms in total. The summed E-state index contributed by atoms with van der Waals surface area (Å²) < 4.78 is 0. The lowest BCUT2D eigenvalue weighted by atomic mass is 9.79. The second-order valence-electron chi connectivity index (χ2n) is 4.11. The second-order valence-corrected chi connectivity index (χ2v) is 4.11. The molecule has 0 atom stereocenters. The lowest BCUT2D eigenvalue weighted by Crippen LogP contribution is -2.13. The first-order valence-electron chi connectivity index (χ1n) is 4.17. The van der Waals surface area contributed by atoms with Crippen molar-refractivity contribution in [3.63, 3.8) is 0 Å². The first-order chi connectivity index (χ1) is 5.54. The zero-order valence-electron chi connectivity index (χ0n) is 7.89. The SMILES string of the molecule is CC(C)(C)C1=CC=C[C](C#N)C1. The quantitative estimate of drug-likeness (QED) is 0.534. The molecule has 0 heterocycles. The summed E-state index contributed by atoms with van der Waals surface area (Å²) in [6.45, 7) is 6.52. The number of nitrogens with zero attached hydrogens (tertiary/aromatic N) is 1. The fraction of sp³-hybridized carbons (Fsp3) is 0.455. The van der Waals surface area contributed by atoms with E-state index in [1.54, 1.807) is 0 Å². The van der Waals surface area contributed by atoms with E-state index in [2.05, 4.69) is 32.9 Å². The van der Waals surface area contributed by atoms with Crippen molar-refractivity contribution in [3.05, 3.63) is 29.7 Å². The standard InChI is InChI=1S/C11H14N/c1-11(2,3)10-6-4-5-9(7-10)8-12/h4-6H,7H2,1-3H3. The van der Waals surface area contributed by atoms with Gasteiger partial charge >= 0.3 is 0 Å². The average molecular weight is 160 g/mol. The molecule has 0 bridgehead atoms. The molecular formula is C11H14N. The van der Waals surface area contributed by atoms with Crippen LogP contribution < -0.4 is 0 Å². The van der Waals surface area contributed by atoms with Crippen molar-refractivity contribution in [3.8, 4) is 6.07 Å². The Morgan fingerprint density at radius 1 is 1.42 bits per heavy atom. The van der Waals surface area contributed by atoms with E-state index in [1.165, 1.54) is 5.57 Å². The van der Waals surface area contributed by atoms with E-state index in [0.29, 0.717) is 0 Å². The Labute approximate surface area is 74.4 Å². The van der Waals surface area contributed by atoms with Crippen LogP contribution in [-0.4, -0.2) is 0 Å². The number of nitriles is 1. The average Bonchev–Trinajstić information content (AvgIpc) is 2.03. The zero-order valence-corrected chi connectivity index (χ0v) is 7.89. The van der Waals surface area contributed by atoms with Gasteiger partial charge in [-0.1, -0.05) is 44.6 Å². The normalized spacial score (nSPS) is 18.7. The molecule has 0 saturated carbocycles. The zero-order chi connectivity index (χ0) is 9.19. The Morgan fingerprint density at radius 2 is 2.08 bits per heavy atom. The molecule has 1 aliphatic rings. The van der Waals surface area contributed by atoms with Crippen LogP contribution in [-0.2, 0) is 0 Å². The molecule has 0 aromatic heterocycles. The molecule has 0 aliphatic heterocycles. The Hall–Kier alpha value is -1.03. The lowest BCUT2D eigenvalue weighted by molar-refractivity contribution is 0.487. The Morgan fingerprint density at radius 3 is 2.58 bits per heavy atom. The molecule has 0 aromatic rings. The van der Waals surface area contributed by atoms with Crippen LogP contribution in [0.15, 0.2) is 23.8 Å². The van der Waals surface area contributed by atoms with Crippen molar-refractivity contribution in [1.29, 1.82) is 5.26 Å². The third kappa shape index (κ3) is 1.98. The van der Waals surface area contributed by atoms with Gasteiger partial charge in [-0.05, 0) is 11.8 Å². The van der Waals surface area contributed by atoms with Gasteiger partial charge in [0.05, 0.1) is 6.07 Å². The van der Waals surface area contributed by atoms with Crippen LogP contribution in [0, 0.1) is 22.7 Å². The molecule has 0 N–H and O–H groups in total. The molecule has 1 aliphatic carbocycles. The van der Waals surface area contributed by atoms with E-state index in [-0.39, 0.29) is 5.41 Å². The molecule has 0 amide bonds. The Bertz CT molecular complexity index is 258. The highest BCUT2D eigenvalue weighted by Gasteiger charge is 2.21. The minimum atomic E-state index is 0.187. The number of hydrogen-bond acceptors (Lipinski definition) is 1. The van der Waals surface area contributed by atoms with Gasteiger partial charge in [0.1, 0.15) is 5.92 Å². The summed E-state index contributed by atoms with van der Waals surface area (Å²) in [6, 6.07) is 2.19. The van der Waals surface area contributed by atoms with Crippen LogP contribution >= 0.6 is 0 Å². The molecule has 63 valence electrons. The topological polar surface area (TPSA) is 23.8 Å². The van der Waals surface area contributed by atoms with Crippen molar-refractivity contribution >= 4 is 0 Å². The van der Waals surface area contributed by atoms with Gasteiger partial charge in [0, 0.05) is 0 Å². The molecule has 0 unspecified atom stereocenters. The van der Waals surface area contributed by atoms with E-state index < -0.39 is 0 Å². The fourth-order valence-corrected chi connectivity index (χ4v) is 1.20. The summed E-state index contributed by atoms with van der Waals surface area (Å²) in [7, 11) is 0. The highest BCUT2D eigenvalue weighted by atomic mass is 14.3. The maximum atomic E-state index is 8.71. The lowest BCUT2D eigenvalue weighted by Gasteiger charge is -2.25. The molecular weight excluding hydrogens is 146 g/mol. The van der Waals surface area contributed by atoms with Crippen LogP contribution in [0.2, 0.25) is 0 Å². The van der Waals surface area contributed by atoms with E-state index >= 15 is 0 Å². The van der Waals surface area contributed by atoms with E-state index in [1.807, 2.05) is 12.2 Å². The molecule has 12 heavy (non-hydrogen) atoms. The van der Waals surface area contributed by atoms with Crippen molar-refractivity contribution in [2.45, 2.75) is 27.2 Å². The summed E-state index contributed by atoms with van der Waals surface area (Å²) in [4.78, 5) is 0. The highest BCUT2D eigenvalue weighted by molar-refractivity contribution is 5.38. The predicted molar refractivity (Wildman–Crippen MR) is 50.2 cm³/mol. The molecule has 1 rings (SSSR count). The minimum Gasteiger partial charge on any atom is -0.197 e. The molecule has 1 heteroatoms. The van der Waals surface area contributed by atoms with Crippen molar-refractivity contribution in [1.82, 2.24) is 0 Å². The Kier molecular flexibility index (Phi) is 2.38. The maximum Gasteiger partial charge on any atom is 0.102 e. The van der Waals surface area contributed by atoms with Crippen LogP contribution in [0.25, 0.3) is 0 Å². The summed E-state index contributed by atoms with van der Waals surface area (Å²) in [5.41, 5.74) is 1.52. The van der Waals surface area contributed by atoms with Gasteiger partial charge in [-0.15, -0.1) is 0 Å². The van der Waals surface area contributed by atoms with Gasteiger partial charge in [-0.2, -0.15) is 5.26 Å². The van der Waals surface area contributed by atoms with E-state index in [4.69, 9.17) is 5.26 Å². The minimum absolute atomic E-state index is 0.187. The molecule has 1 radical (unpaired) electrons. The summed E-state index contributed by atoms with van der Waals surface area (Å²) in [6.07, 6.45) is 6.77. The van der Waals surface area contributed by atoms with Crippen LogP contribution in [0.4, 0.5) is 0 Å². The third-order valence-electron chi connectivity index (χ3n) is 2.08. The highest BCUT2D eigenvalue weighted by Crippen LogP contribution is 2.33. The van der Waals surface area contributed by atoms with Crippen LogP contribution in [0.3, 0.4) is 0 Å². The monoisotopic (exact) mass is 160 g/mol. The van der Waals surface area contributed by atoms with E-state index in [0.717, 1.165) is 12.3 Å². The molecule has 0 fully saturated rings. The van der Waals surface area contributed by atoms with Crippen molar-refractivity contribution in [2.24, 2.45) is 5.41 Å². The van der Waals surface area contributed by atoms with Crippen LogP contribution in [0.5, 0.6) is 0 Å². The summed E-state index contributed by atoms with van der Waals surface area (Å²) >= 11 is 0. The maximum absolute atomic E-state index is 8.71. The van der Waals surface area contributed by atoms with Gasteiger partial charge in [-0.25, -0.2) is 0 Å². The van der Waals surface area contributed by atoms with Gasteiger partial charge in [0.15, 0.2) is 0 Å². The van der Waals surface area contributed by atoms with Crippen molar-refractivity contribution < 1.29 is 0 Å². The van der Waals surface area contributed by atoms with Gasteiger partial charge in [0.2, 0.25) is 0 Å². The third-order valence-corrected chi connectivity index (χ3v) is 2.08. The second kappa shape index (κ2) is 3.15. The molecule has 0 spiro atoms. The fourth-order valence-electron chi connectivity index (χ4n) is 1.20. The smallest absolute Gasteiger partial charge is 0.102 e. The number of rotatable bonds is 0. The summed E-state index contributed by atoms with van der Waals surface area (Å²) in [5.74, 6) is 0.863. The van der Waals surface area contributed by atoms with Gasteiger partial charge in [0.25, 0.3) is 0 Å². The van der Waals surface area contributed by atoms with Crippen molar-refractivity contribution in [2.75, 3.05) is 0 Å². The van der Waals surface area contributed by atoms with Gasteiger partial charge in [-0.3, -0.25) is 0 Å².